The molecular formula is C8H10BrN3O2. The molecule has 6 heteroatoms. The van der Waals surface area contributed by atoms with E-state index < -0.39 is 0 Å². The molecule has 0 aromatic carbocycles. The van der Waals surface area contributed by atoms with Gasteiger partial charge in [-0.05, 0) is 15.9 Å². The number of likely N-dealkylation sites (N-methyl/N-ethyl adjacent to an activating group) is 1. The van der Waals surface area contributed by atoms with Gasteiger partial charge in [0, 0.05) is 19.4 Å². The van der Waals surface area contributed by atoms with Crippen molar-refractivity contribution in [1.82, 2.24) is 9.97 Å². The van der Waals surface area contributed by atoms with Crippen LogP contribution in [0.1, 0.15) is 0 Å². The van der Waals surface area contributed by atoms with Gasteiger partial charge in [0.1, 0.15) is 6.54 Å². The maximum absolute atomic E-state index is 10.9. The molecule has 0 spiro atoms. The fourth-order valence-corrected chi connectivity index (χ4v) is 1.04. The van der Waals surface area contributed by atoms with Crippen molar-refractivity contribution in [2.75, 3.05) is 25.6 Å². The first-order valence-electron chi connectivity index (χ1n) is 3.89. The Kier molecular flexibility index (Phi) is 3.82. The Morgan fingerprint density at radius 3 is 2.64 bits per heavy atom. The summed E-state index contributed by atoms with van der Waals surface area (Å²) in [6.07, 6.45) is 3.24. The van der Waals surface area contributed by atoms with Crippen LogP contribution in [-0.4, -0.2) is 36.6 Å². The standard InChI is InChI=1S/C8H10BrN3O2/c1-12(5-7(13)14-2)8-10-3-6(9)4-11-8/h3-4H,5H2,1-2H3. The van der Waals surface area contributed by atoms with Gasteiger partial charge in [0.15, 0.2) is 0 Å². The van der Waals surface area contributed by atoms with E-state index in [-0.39, 0.29) is 12.5 Å². The van der Waals surface area contributed by atoms with Gasteiger partial charge in [0.25, 0.3) is 0 Å². The Labute approximate surface area is 90.2 Å². The minimum atomic E-state index is -0.320. The van der Waals surface area contributed by atoms with Gasteiger partial charge in [-0.2, -0.15) is 0 Å². The van der Waals surface area contributed by atoms with Gasteiger partial charge in [0.05, 0.1) is 11.6 Å². The van der Waals surface area contributed by atoms with Crippen LogP contribution in [0.25, 0.3) is 0 Å². The van der Waals surface area contributed by atoms with Crippen LogP contribution in [0.4, 0.5) is 5.95 Å². The first-order valence-corrected chi connectivity index (χ1v) is 4.68. The van der Waals surface area contributed by atoms with Crippen molar-refractivity contribution < 1.29 is 9.53 Å². The smallest absolute Gasteiger partial charge is 0.325 e. The number of methoxy groups -OCH3 is 1. The number of nitrogens with zero attached hydrogens (tertiary/aromatic N) is 3. The summed E-state index contributed by atoms with van der Waals surface area (Å²) in [4.78, 5) is 20.6. The molecule has 1 aromatic heterocycles. The van der Waals surface area contributed by atoms with E-state index in [4.69, 9.17) is 0 Å². The maximum Gasteiger partial charge on any atom is 0.325 e. The van der Waals surface area contributed by atoms with Gasteiger partial charge in [-0.3, -0.25) is 4.79 Å². The van der Waals surface area contributed by atoms with Gasteiger partial charge in [0.2, 0.25) is 5.95 Å². The molecule has 1 aromatic rings. The third-order valence-electron chi connectivity index (χ3n) is 1.54. The molecule has 1 rings (SSSR count). The number of ether oxygens (including phenoxy) is 1. The lowest BCUT2D eigenvalue weighted by molar-refractivity contribution is -0.138. The van der Waals surface area contributed by atoms with Crippen LogP contribution in [0.3, 0.4) is 0 Å². The second-order valence-corrected chi connectivity index (χ2v) is 3.55. The van der Waals surface area contributed by atoms with E-state index in [1.165, 1.54) is 7.11 Å². The summed E-state index contributed by atoms with van der Waals surface area (Å²) in [5.41, 5.74) is 0. The number of hydrogen-bond donors (Lipinski definition) is 0. The average molecular weight is 260 g/mol. The molecule has 0 aliphatic rings. The number of carbonyl (C=O) groups excluding carboxylic acids is 1. The molecule has 0 amide bonds. The van der Waals surface area contributed by atoms with Crippen molar-refractivity contribution in [2.45, 2.75) is 0 Å². The van der Waals surface area contributed by atoms with Crippen molar-refractivity contribution in [2.24, 2.45) is 0 Å². The predicted octanol–water partition coefficient (Wildman–Crippen LogP) is 0.848. The van der Waals surface area contributed by atoms with Crippen LogP contribution in [0.15, 0.2) is 16.9 Å². The molecule has 0 aliphatic carbocycles. The van der Waals surface area contributed by atoms with Crippen LogP contribution in [0, 0.1) is 0 Å². The van der Waals surface area contributed by atoms with E-state index in [0.717, 1.165) is 4.47 Å². The van der Waals surface area contributed by atoms with E-state index in [2.05, 4.69) is 30.6 Å². The van der Waals surface area contributed by atoms with Crippen molar-refractivity contribution in [3.63, 3.8) is 0 Å². The normalized spacial score (nSPS) is 9.64. The molecule has 14 heavy (non-hydrogen) atoms. The van der Waals surface area contributed by atoms with Crippen LogP contribution in [0.2, 0.25) is 0 Å². The highest BCUT2D eigenvalue weighted by molar-refractivity contribution is 9.10. The second kappa shape index (κ2) is 4.90. The molecule has 0 bridgehead atoms. The highest BCUT2D eigenvalue weighted by atomic mass is 79.9. The maximum atomic E-state index is 10.9. The molecule has 0 fully saturated rings. The second-order valence-electron chi connectivity index (χ2n) is 2.63. The summed E-state index contributed by atoms with van der Waals surface area (Å²) in [6, 6.07) is 0. The topological polar surface area (TPSA) is 55.3 Å². The lowest BCUT2D eigenvalue weighted by Crippen LogP contribution is -2.27. The van der Waals surface area contributed by atoms with Crippen molar-refractivity contribution in [3.05, 3.63) is 16.9 Å². The largest absolute Gasteiger partial charge is 0.468 e. The number of rotatable bonds is 3. The summed E-state index contributed by atoms with van der Waals surface area (Å²) >= 11 is 3.22. The zero-order chi connectivity index (χ0) is 10.6. The fraction of sp³-hybridized carbons (Fsp3) is 0.375. The van der Waals surface area contributed by atoms with E-state index in [1.807, 2.05) is 0 Å². The van der Waals surface area contributed by atoms with E-state index in [1.54, 1.807) is 24.3 Å². The van der Waals surface area contributed by atoms with E-state index in [0.29, 0.717) is 5.95 Å². The molecule has 0 radical (unpaired) electrons. The molecule has 76 valence electrons. The molecule has 1 heterocycles. The number of aromatic nitrogens is 2. The molecule has 0 aliphatic heterocycles. The fourth-order valence-electron chi connectivity index (χ4n) is 0.831. The molecule has 0 atom stereocenters. The minimum absolute atomic E-state index is 0.137. The Balaban J connectivity index is 2.65. The summed E-state index contributed by atoms with van der Waals surface area (Å²) < 4.78 is 5.32. The number of halogens is 1. The summed E-state index contributed by atoms with van der Waals surface area (Å²) in [5.74, 6) is 0.164. The van der Waals surface area contributed by atoms with E-state index in [9.17, 15) is 4.79 Å². The molecule has 0 saturated heterocycles. The van der Waals surface area contributed by atoms with Gasteiger partial charge >= 0.3 is 5.97 Å². The lowest BCUT2D eigenvalue weighted by Gasteiger charge is -2.14. The zero-order valence-corrected chi connectivity index (χ0v) is 9.48. The molecule has 0 N–H and O–H groups in total. The highest BCUT2D eigenvalue weighted by Gasteiger charge is 2.08. The number of hydrogen-bond acceptors (Lipinski definition) is 5. The number of carbonyl (C=O) groups is 1. The Hall–Kier alpha value is -1.17. The Bertz CT molecular complexity index is 315. The summed E-state index contributed by atoms with van der Waals surface area (Å²) in [7, 11) is 3.07. The van der Waals surface area contributed by atoms with Crippen LogP contribution in [-0.2, 0) is 9.53 Å². The van der Waals surface area contributed by atoms with Crippen LogP contribution >= 0.6 is 15.9 Å². The number of anilines is 1. The molecule has 5 nitrogen and oxygen atoms in total. The lowest BCUT2D eigenvalue weighted by atomic mass is 10.5. The molecule has 0 saturated carbocycles. The Morgan fingerprint density at radius 2 is 2.14 bits per heavy atom. The minimum Gasteiger partial charge on any atom is -0.468 e. The van der Waals surface area contributed by atoms with Crippen molar-refractivity contribution in [1.29, 1.82) is 0 Å². The quantitative estimate of drug-likeness (QED) is 0.754. The Morgan fingerprint density at radius 1 is 1.57 bits per heavy atom. The first kappa shape index (κ1) is 10.9. The van der Waals surface area contributed by atoms with Crippen molar-refractivity contribution in [3.8, 4) is 0 Å². The van der Waals surface area contributed by atoms with Gasteiger partial charge in [-0.15, -0.1) is 0 Å². The molecule has 0 unspecified atom stereocenters. The molecular weight excluding hydrogens is 250 g/mol. The summed E-state index contributed by atoms with van der Waals surface area (Å²) in [6.45, 7) is 0.137. The van der Waals surface area contributed by atoms with Gasteiger partial charge in [-0.25, -0.2) is 9.97 Å². The number of esters is 1. The van der Waals surface area contributed by atoms with Gasteiger partial charge in [-0.1, -0.05) is 0 Å². The van der Waals surface area contributed by atoms with Crippen LogP contribution in [0.5, 0.6) is 0 Å². The third-order valence-corrected chi connectivity index (χ3v) is 1.95. The predicted molar refractivity (Wildman–Crippen MR) is 55.0 cm³/mol. The van der Waals surface area contributed by atoms with Crippen molar-refractivity contribution >= 4 is 27.8 Å². The van der Waals surface area contributed by atoms with Crippen LogP contribution < -0.4 is 4.90 Å². The summed E-state index contributed by atoms with van der Waals surface area (Å²) in [5, 5.41) is 0. The third kappa shape index (κ3) is 2.95. The van der Waals surface area contributed by atoms with E-state index >= 15 is 0 Å². The van der Waals surface area contributed by atoms with Gasteiger partial charge < -0.3 is 9.64 Å². The average Bonchev–Trinajstić information content (AvgIpc) is 2.18. The monoisotopic (exact) mass is 259 g/mol. The first-order chi connectivity index (χ1) is 6.63. The SMILES string of the molecule is COC(=O)CN(C)c1ncc(Br)cn1. The highest BCUT2D eigenvalue weighted by Crippen LogP contribution is 2.09. The zero-order valence-electron chi connectivity index (χ0n) is 7.90.